The minimum Gasteiger partial charge on any atom is -0.481 e. The molecule has 3 saturated carbocycles. The number of hydrogen-bond donors (Lipinski definition) is 3. The number of anilines is 1. The first kappa shape index (κ1) is 20.1. The van der Waals surface area contributed by atoms with Gasteiger partial charge in [-0.25, -0.2) is 23.7 Å². The van der Waals surface area contributed by atoms with Crippen LogP contribution in [0.25, 0.3) is 33.5 Å². The summed E-state index contributed by atoms with van der Waals surface area (Å²) in [7, 11) is 1.80. The maximum absolute atomic E-state index is 14.2. The molecule has 2 atom stereocenters. The number of imidazole rings is 1. The molecule has 0 spiro atoms. The third-order valence-corrected chi connectivity index (χ3v) is 7.31. The van der Waals surface area contributed by atoms with Crippen molar-refractivity contribution >= 4 is 33.9 Å². The van der Waals surface area contributed by atoms with E-state index in [1.165, 1.54) is 6.07 Å². The van der Waals surface area contributed by atoms with Crippen LogP contribution in [0.2, 0.25) is 0 Å². The Morgan fingerprint density at radius 1 is 1.18 bits per heavy atom. The van der Waals surface area contributed by atoms with Crippen LogP contribution in [0.4, 0.5) is 14.6 Å². The lowest BCUT2D eigenvalue weighted by Crippen LogP contribution is -2.51. The highest BCUT2D eigenvalue weighted by Gasteiger charge is 2.47. The van der Waals surface area contributed by atoms with Crippen LogP contribution < -0.4 is 5.32 Å². The monoisotopic (exact) mass is 452 g/mol. The van der Waals surface area contributed by atoms with E-state index in [4.69, 9.17) is 0 Å². The van der Waals surface area contributed by atoms with Crippen LogP contribution in [0.5, 0.6) is 0 Å². The van der Waals surface area contributed by atoms with Gasteiger partial charge in [-0.1, -0.05) is 0 Å². The van der Waals surface area contributed by atoms with Crippen molar-refractivity contribution in [2.75, 3.05) is 5.32 Å². The van der Waals surface area contributed by atoms with Crippen molar-refractivity contribution in [1.82, 2.24) is 24.5 Å². The van der Waals surface area contributed by atoms with Crippen molar-refractivity contribution in [1.29, 1.82) is 0 Å². The molecule has 170 valence electrons. The van der Waals surface area contributed by atoms with Gasteiger partial charge in [-0.3, -0.25) is 4.79 Å². The summed E-state index contributed by atoms with van der Waals surface area (Å²) in [6.07, 6.45) is 7.00. The molecule has 10 heteroatoms. The summed E-state index contributed by atoms with van der Waals surface area (Å²) in [5, 5.41) is 13.7. The Morgan fingerprint density at radius 3 is 2.70 bits per heavy atom. The fourth-order valence-corrected chi connectivity index (χ4v) is 5.74. The second kappa shape index (κ2) is 7.23. The summed E-state index contributed by atoms with van der Waals surface area (Å²) in [4.78, 5) is 28.7. The molecule has 3 aromatic heterocycles. The van der Waals surface area contributed by atoms with E-state index in [0.717, 1.165) is 31.7 Å². The van der Waals surface area contributed by atoms with Gasteiger partial charge in [-0.05, 0) is 43.6 Å². The smallest absolute Gasteiger partial charge is 0.308 e. The van der Waals surface area contributed by atoms with Crippen LogP contribution in [-0.2, 0) is 11.8 Å². The fourth-order valence-electron chi connectivity index (χ4n) is 5.74. The van der Waals surface area contributed by atoms with E-state index in [-0.39, 0.29) is 29.2 Å². The zero-order chi connectivity index (χ0) is 22.9. The van der Waals surface area contributed by atoms with E-state index in [1.54, 1.807) is 24.1 Å². The van der Waals surface area contributed by atoms with Gasteiger partial charge in [0, 0.05) is 36.3 Å². The number of benzene rings is 1. The zero-order valence-electron chi connectivity index (χ0n) is 17.8. The van der Waals surface area contributed by atoms with Gasteiger partial charge < -0.3 is 20.0 Å². The van der Waals surface area contributed by atoms with Crippen LogP contribution in [0, 0.1) is 29.4 Å². The number of carbonyl (C=O) groups is 1. The van der Waals surface area contributed by atoms with Crippen LogP contribution in [0.3, 0.4) is 0 Å². The zero-order valence-corrected chi connectivity index (χ0v) is 17.8. The molecule has 3 fully saturated rings. The number of halogens is 2. The minimum absolute atomic E-state index is 0.144. The third-order valence-electron chi connectivity index (χ3n) is 7.31. The number of nitrogens with one attached hydrogen (secondary N) is 2. The Balaban J connectivity index is 1.49. The highest BCUT2D eigenvalue weighted by molar-refractivity contribution is 5.96. The number of aromatic amines is 1. The standard InChI is InChI=1S/C23H22F2N6O2/c1-31-9-27-19-21(28-17-11-4-2-10(3-5-11)16(17)23(32)33)29-20(30-22(19)31)14-8-26-18-13(14)6-12(24)7-15(18)25/h6-11,16-17,26H,2-5H2,1H3,(H,32,33)(H,28,29,30)/t10?,11?,16-,17-/m1/s1. The van der Waals surface area contributed by atoms with Gasteiger partial charge in [0.15, 0.2) is 17.3 Å². The number of carboxylic acids is 1. The molecule has 3 N–H and O–H groups in total. The lowest BCUT2D eigenvalue weighted by atomic mass is 9.61. The van der Waals surface area contributed by atoms with E-state index in [9.17, 15) is 18.7 Å². The van der Waals surface area contributed by atoms with Gasteiger partial charge in [0.25, 0.3) is 0 Å². The molecule has 33 heavy (non-hydrogen) atoms. The average Bonchev–Trinajstić information content (AvgIpc) is 3.38. The van der Waals surface area contributed by atoms with E-state index < -0.39 is 23.5 Å². The summed E-state index contributed by atoms with van der Waals surface area (Å²) in [6, 6.07) is 1.81. The van der Waals surface area contributed by atoms with E-state index in [1.807, 2.05) is 0 Å². The molecule has 0 radical (unpaired) electrons. The van der Waals surface area contributed by atoms with Crippen molar-refractivity contribution in [3.8, 4) is 11.4 Å². The van der Waals surface area contributed by atoms with Gasteiger partial charge in [-0.15, -0.1) is 0 Å². The Labute approximate surface area is 187 Å². The first-order valence-corrected chi connectivity index (χ1v) is 11.1. The molecule has 3 heterocycles. The first-order valence-electron chi connectivity index (χ1n) is 11.1. The molecule has 3 aliphatic carbocycles. The first-order chi connectivity index (χ1) is 15.9. The normalized spacial score (nSPS) is 24.6. The molecule has 3 aliphatic rings. The highest BCUT2D eigenvalue weighted by Crippen LogP contribution is 2.46. The lowest BCUT2D eigenvalue weighted by Gasteiger charge is -2.47. The number of hydrogen-bond acceptors (Lipinski definition) is 5. The number of nitrogens with zero attached hydrogens (tertiary/aromatic N) is 4. The lowest BCUT2D eigenvalue weighted by molar-refractivity contribution is -0.148. The van der Waals surface area contributed by atoms with Gasteiger partial charge in [0.1, 0.15) is 17.2 Å². The Hall–Kier alpha value is -3.56. The van der Waals surface area contributed by atoms with Crippen molar-refractivity contribution in [2.45, 2.75) is 31.7 Å². The van der Waals surface area contributed by atoms with Crippen molar-refractivity contribution < 1.29 is 18.7 Å². The van der Waals surface area contributed by atoms with Crippen molar-refractivity contribution in [3.05, 3.63) is 36.3 Å². The van der Waals surface area contributed by atoms with E-state index in [0.29, 0.717) is 27.9 Å². The Kier molecular flexibility index (Phi) is 4.40. The molecule has 0 aliphatic heterocycles. The van der Waals surface area contributed by atoms with Crippen molar-refractivity contribution in [2.24, 2.45) is 24.8 Å². The second-order valence-corrected chi connectivity index (χ2v) is 9.15. The number of fused-ring (bicyclic) bond motifs is 5. The predicted octanol–water partition coefficient (Wildman–Crippen LogP) is 4.09. The Bertz CT molecular complexity index is 1410. The van der Waals surface area contributed by atoms with E-state index in [2.05, 4.69) is 25.3 Å². The van der Waals surface area contributed by atoms with Crippen LogP contribution in [-0.4, -0.2) is 41.6 Å². The molecular formula is C23H22F2N6O2. The van der Waals surface area contributed by atoms with Gasteiger partial charge >= 0.3 is 5.97 Å². The maximum atomic E-state index is 14.2. The summed E-state index contributed by atoms with van der Waals surface area (Å²) in [5.74, 6) is -1.58. The molecule has 8 nitrogen and oxygen atoms in total. The number of rotatable bonds is 4. The molecule has 0 saturated heterocycles. The molecule has 4 aromatic rings. The number of aromatic nitrogens is 5. The number of aliphatic carboxylic acids is 1. The Morgan fingerprint density at radius 2 is 1.94 bits per heavy atom. The highest BCUT2D eigenvalue weighted by atomic mass is 19.1. The largest absolute Gasteiger partial charge is 0.481 e. The maximum Gasteiger partial charge on any atom is 0.308 e. The van der Waals surface area contributed by atoms with Gasteiger partial charge in [-0.2, -0.15) is 0 Å². The SMILES string of the molecule is Cn1cnc2c(N[C@@H]3C4CCC(CC4)[C@H]3C(=O)O)nc(-c3c[nH]c4c(F)cc(F)cc34)nc21. The van der Waals surface area contributed by atoms with Gasteiger partial charge in [0.2, 0.25) is 0 Å². The number of carboxylic acid groups (broad SMARTS) is 1. The average molecular weight is 452 g/mol. The molecule has 0 unspecified atom stereocenters. The molecule has 0 amide bonds. The fraction of sp³-hybridized carbons (Fsp3) is 0.391. The number of aryl methyl sites for hydroxylation is 1. The summed E-state index contributed by atoms with van der Waals surface area (Å²) < 4.78 is 29.9. The molecule has 1 aromatic carbocycles. The van der Waals surface area contributed by atoms with E-state index >= 15 is 0 Å². The quantitative estimate of drug-likeness (QED) is 0.430. The molecular weight excluding hydrogens is 430 g/mol. The molecule has 7 rings (SSSR count). The van der Waals surface area contributed by atoms with Crippen LogP contribution in [0.1, 0.15) is 25.7 Å². The van der Waals surface area contributed by atoms with Gasteiger partial charge in [0.05, 0.1) is 17.8 Å². The van der Waals surface area contributed by atoms with Crippen LogP contribution >= 0.6 is 0 Å². The minimum atomic E-state index is -0.795. The summed E-state index contributed by atoms with van der Waals surface area (Å²) >= 11 is 0. The third kappa shape index (κ3) is 3.07. The number of H-pyrrole nitrogens is 1. The second-order valence-electron chi connectivity index (χ2n) is 9.15. The summed E-state index contributed by atoms with van der Waals surface area (Å²) in [6.45, 7) is 0. The predicted molar refractivity (Wildman–Crippen MR) is 117 cm³/mol. The van der Waals surface area contributed by atoms with Crippen LogP contribution in [0.15, 0.2) is 24.7 Å². The summed E-state index contributed by atoms with van der Waals surface area (Å²) in [5.41, 5.74) is 1.70. The molecule has 2 bridgehead atoms. The van der Waals surface area contributed by atoms with Crippen molar-refractivity contribution in [3.63, 3.8) is 0 Å². The topological polar surface area (TPSA) is 109 Å².